The molecule has 3 rings (SSSR count). The fourth-order valence-electron chi connectivity index (χ4n) is 2.33. The van der Waals surface area contributed by atoms with Gasteiger partial charge >= 0.3 is 0 Å². The van der Waals surface area contributed by atoms with Crippen LogP contribution in [0.4, 0.5) is 5.95 Å². The monoisotopic (exact) mass is 259 g/mol. The van der Waals surface area contributed by atoms with Crippen LogP contribution in [0.3, 0.4) is 0 Å². The van der Waals surface area contributed by atoms with Crippen molar-refractivity contribution in [3.05, 3.63) is 29.8 Å². The summed E-state index contributed by atoms with van der Waals surface area (Å²) in [5.74, 6) is 0.891. The summed E-state index contributed by atoms with van der Waals surface area (Å²) in [5, 5.41) is 2.09. The van der Waals surface area contributed by atoms with Gasteiger partial charge in [-0.25, -0.2) is 9.97 Å². The van der Waals surface area contributed by atoms with Crippen molar-refractivity contribution in [2.24, 2.45) is 0 Å². The number of nitrogens with zero attached hydrogens (tertiary/aromatic N) is 3. The summed E-state index contributed by atoms with van der Waals surface area (Å²) in [5.41, 5.74) is 1.04. The lowest BCUT2D eigenvalue weighted by Gasteiger charge is -2.20. The van der Waals surface area contributed by atoms with Gasteiger partial charge in [-0.15, -0.1) is 11.3 Å². The minimum atomic E-state index is 0.891. The summed E-state index contributed by atoms with van der Waals surface area (Å²) in [6, 6.07) is 6.17. The number of thiophene rings is 1. The molecule has 0 aromatic carbocycles. The van der Waals surface area contributed by atoms with Crippen LogP contribution in [0.25, 0.3) is 10.6 Å². The first-order valence-corrected chi connectivity index (χ1v) is 7.43. The Labute approximate surface area is 112 Å². The third kappa shape index (κ3) is 2.53. The second kappa shape index (κ2) is 5.48. The molecule has 4 heteroatoms. The molecule has 0 unspecified atom stereocenters. The zero-order chi connectivity index (χ0) is 12.2. The van der Waals surface area contributed by atoms with Crippen molar-refractivity contribution in [2.75, 3.05) is 18.0 Å². The third-order valence-corrected chi connectivity index (χ3v) is 4.20. The summed E-state index contributed by atoms with van der Waals surface area (Å²) in [6.45, 7) is 2.18. The van der Waals surface area contributed by atoms with E-state index in [4.69, 9.17) is 4.98 Å². The van der Waals surface area contributed by atoms with Crippen molar-refractivity contribution >= 4 is 17.3 Å². The van der Waals surface area contributed by atoms with E-state index in [1.165, 1.54) is 30.6 Å². The number of hydrogen-bond acceptors (Lipinski definition) is 4. The Balaban J connectivity index is 1.86. The van der Waals surface area contributed by atoms with E-state index in [0.29, 0.717) is 0 Å². The van der Waals surface area contributed by atoms with Crippen LogP contribution < -0.4 is 4.90 Å². The molecule has 1 fully saturated rings. The predicted molar refractivity (Wildman–Crippen MR) is 76.0 cm³/mol. The summed E-state index contributed by atoms with van der Waals surface area (Å²) in [6.07, 6.45) is 7.06. The average molecular weight is 259 g/mol. The standard InChI is InChI=1S/C14H17N3S/c1-2-4-10-17(9-3-1)14-15-8-7-12(16-14)13-6-5-11-18-13/h5-8,11H,1-4,9-10H2. The van der Waals surface area contributed by atoms with E-state index in [1.54, 1.807) is 11.3 Å². The highest BCUT2D eigenvalue weighted by Crippen LogP contribution is 2.24. The molecule has 2 aromatic heterocycles. The molecular formula is C14H17N3S. The zero-order valence-corrected chi connectivity index (χ0v) is 11.2. The molecule has 0 saturated carbocycles. The van der Waals surface area contributed by atoms with Crippen molar-refractivity contribution in [3.63, 3.8) is 0 Å². The molecule has 94 valence electrons. The molecule has 0 N–H and O–H groups in total. The number of hydrogen-bond donors (Lipinski definition) is 0. The Kier molecular flexibility index (Phi) is 3.55. The minimum absolute atomic E-state index is 0.891. The molecule has 0 atom stereocenters. The first-order chi connectivity index (χ1) is 8.93. The SMILES string of the molecule is c1csc(-c2ccnc(N3CCCCCC3)n2)c1. The molecule has 0 bridgehead atoms. The van der Waals surface area contributed by atoms with Crippen molar-refractivity contribution in [1.29, 1.82) is 0 Å². The highest BCUT2D eigenvalue weighted by Gasteiger charge is 2.13. The smallest absolute Gasteiger partial charge is 0.225 e. The van der Waals surface area contributed by atoms with Gasteiger partial charge in [0.25, 0.3) is 0 Å². The van der Waals surface area contributed by atoms with Crippen LogP contribution in [0.2, 0.25) is 0 Å². The molecule has 0 aliphatic carbocycles. The fraction of sp³-hybridized carbons (Fsp3) is 0.429. The Hall–Kier alpha value is -1.42. The Morgan fingerprint density at radius 3 is 2.61 bits per heavy atom. The molecule has 3 heterocycles. The van der Waals surface area contributed by atoms with E-state index in [0.717, 1.165) is 24.7 Å². The summed E-state index contributed by atoms with van der Waals surface area (Å²) >= 11 is 1.73. The van der Waals surface area contributed by atoms with E-state index in [2.05, 4.69) is 27.4 Å². The molecule has 1 aliphatic rings. The maximum Gasteiger partial charge on any atom is 0.225 e. The van der Waals surface area contributed by atoms with Crippen LogP contribution in [0.5, 0.6) is 0 Å². The topological polar surface area (TPSA) is 29.0 Å². The highest BCUT2D eigenvalue weighted by atomic mass is 32.1. The van der Waals surface area contributed by atoms with Gasteiger partial charge in [0, 0.05) is 19.3 Å². The molecule has 0 radical (unpaired) electrons. The van der Waals surface area contributed by atoms with Gasteiger partial charge in [-0.05, 0) is 30.4 Å². The van der Waals surface area contributed by atoms with E-state index < -0.39 is 0 Å². The van der Waals surface area contributed by atoms with Gasteiger partial charge in [0.05, 0.1) is 10.6 Å². The minimum Gasteiger partial charge on any atom is -0.341 e. The molecule has 0 amide bonds. The molecule has 3 nitrogen and oxygen atoms in total. The molecule has 2 aromatic rings. The Bertz CT molecular complexity index is 488. The van der Waals surface area contributed by atoms with Crippen LogP contribution >= 0.6 is 11.3 Å². The predicted octanol–water partition coefficient (Wildman–Crippen LogP) is 3.59. The molecule has 0 spiro atoms. The van der Waals surface area contributed by atoms with Crippen molar-refractivity contribution in [3.8, 4) is 10.6 Å². The van der Waals surface area contributed by atoms with Gasteiger partial charge in [0.2, 0.25) is 5.95 Å². The number of rotatable bonds is 2. The lowest BCUT2D eigenvalue weighted by atomic mass is 10.2. The Morgan fingerprint density at radius 2 is 1.89 bits per heavy atom. The maximum atomic E-state index is 4.71. The van der Waals surface area contributed by atoms with Gasteiger partial charge in [-0.3, -0.25) is 0 Å². The number of aromatic nitrogens is 2. The van der Waals surface area contributed by atoms with E-state index >= 15 is 0 Å². The lowest BCUT2D eigenvalue weighted by molar-refractivity contribution is 0.726. The van der Waals surface area contributed by atoms with E-state index in [-0.39, 0.29) is 0 Å². The average Bonchev–Trinajstić information content (AvgIpc) is 2.82. The maximum absolute atomic E-state index is 4.71. The molecule has 1 saturated heterocycles. The second-order valence-corrected chi connectivity index (χ2v) is 5.57. The van der Waals surface area contributed by atoms with Crippen molar-refractivity contribution in [2.45, 2.75) is 25.7 Å². The summed E-state index contributed by atoms with van der Waals surface area (Å²) in [7, 11) is 0. The molecule has 1 aliphatic heterocycles. The third-order valence-electron chi connectivity index (χ3n) is 3.31. The van der Waals surface area contributed by atoms with Gasteiger partial charge in [-0.2, -0.15) is 0 Å². The quantitative estimate of drug-likeness (QED) is 0.825. The van der Waals surface area contributed by atoms with Gasteiger partial charge in [0.15, 0.2) is 0 Å². The van der Waals surface area contributed by atoms with E-state index in [1.807, 2.05) is 12.3 Å². The lowest BCUT2D eigenvalue weighted by Crippen LogP contribution is -2.25. The van der Waals surface area contributed by atoms with Crippen LogP contribution in [-0.2, 0) is 0 Å². The normalized spacial score (nSPS) is 16.6. The van der Waals surface area contributed by atoms with Gasteiger partial charge in [-0.1, -0.05) is 18.9 Å². The van der Waals surface area contributed by atoms with Crippen LogP contribution in [0.15, 0.2) is 29.8 Å². The van der Waals surface area contributed by atoms with Gasteiger partial charge < -0.3 is 4.90 Å². The number of anilines is 1. The van der Waals surface area contributed by atoms with Crippen LogP contribution in [-0.4, -0.2) is 23.1 Å². The second-order valence-electron chi connectivity index (χ2n) is 4.62. The Morgan fingerprint density at radius 1 is 1.06 bits per heavy atom. The zero-order valence-electron chi connectivity index (χ0n) is 10.4. The highest BCUT2D eigenvalue weighted by molar-refractivity contribution is 7.13. The first kappa shape index (κ1) is 11.7. The summed E-state index contributed by atoms with van der Waals surface area (Å²) < 4.78 is 0. The van der Waals surface area contributed by atoms with Crippen molar-refractivity contribution in [1.82, 2.24) is 9.97 Å². The largest absolute Gasteiger partial charge is 0.341 e. The van der Waals surface area contributed by atoms with Crippen LogP contribution in [0.1, 0.15) is 25.7 Å². The summed E-state index contributed by atoms with van der Waals surface area (Å²) in [4.78, 5) is 12.7. The van der Waals surface area contributed by atoms with E-state index in [9.17, 15) is 0 Å². The van der Waals surface area contributed by atoms with Crippen molar-refractivity contribution < 1.29 is 0 Å². The fourth-order valence-corrected chi connectivity index (χ4v) is 3.03. The molecule has 18 heavy (non-hydrogen) atoms. The van der Waals surface area contributed by atoms with Gasteiger partial charge in [0.1, 0.15) is 0 Å². The van der Waals surface area contributed by atoms with Crippen LogP contribution in [0, 0.1) is 0 Å². The molecular weight excluding hydrogens is 242 g/mol. The first-order valence-electron chi connectivity index (χ1n) is 6.55.